The Kier molecular flexibility index (Phi) is 5.50. The number of nitrogens with one attached hydrogen (secondary N) is 1. The summed E-state index contributed by atoms with van der Waals surface area (Å²) in [6, 6.07) is 0.732. The van der Waals surface area contributed by atoms with E-state index in [4.69, 9.17) is 0 Å². The van der Waals surface area contributed by atoms with Crippen LogP contribution in [0.1, 0.15) is 64.7 Å². The lowest BCUT2D eigenvalue weighted by molar-refractivity contribution is 0.106. The van der Waals surface area contributed by atoms with Crippen LogP contribution in [0.3, 0.4) is 0 Å². The quantitative estimate of drug-likeness (QED) is 0.779. The first-order valence-electron chi connectivity index (χ1n) is 8.18. The largest absolute Gasteiger partial charge is 0.317 e. The summed E-state index contributed by atoms with van der Waals surface area (Å²) in [6.45, 7) is 6.35. The molecule has 2 heteroatoms. The zero-order chi connectivity index (χ0) is 12.8. The highest BCUT2D eigenvalue weighted by Crippen LogP contribution is 2.46. The number of piperidine rings is 1. The predicted molar refractivity (Wildman–Crippen MR) is 78.9 cm³/mol. The molecule has 1 N–H and O–H groups in total. The van der Waals surface area contributed by atoms with Crippen molar-refractivity contribution in [2.45, 2.75) is 70.8 Å². The molecule has 2 aliphatic rings. The van der Waals surface area contributed by atoms with E-state index in [1.54, 1.807) is 0 Å². The lowest BCUT2D eigenvalue weighted by Crippen LogP contribution is -2.39. The Morgan fingerprint density at radius 2 is 1.78 bits per heavy atom. The Hall–Kier alpha value is -0.0800. The van der Waals surface area contributed by atoms with E-state index in [1.165, 1.54) is 77.4 Å². The fraction of sp³-hybridized carbons (Fsp3) is 1.00. The third kappa shape index (κ3) is 3.71. The summed E-state index contributed by atoms with van der Waals surface area (Å²) in [5, 5.41) is 3.41. The van der Waals surface area contributed by atoms with Gasteiger partial charge in [0.25, 0.3) is 0 Å². The van der Waals surface area contributed by atoms with Gasteiger partial charge in [-0.05, 0) is 77.0 Å². The first-order valence-corrected chi connectivity index (χ1v) is 8.18. The van der Waals surface area contributed by atoms with Crippen molar-refractivity contribution in [1.82, 2.24) is 10.2 Å². The summed E-state index contributed by atoms with van der Waals surface area (Å²) >= 11 is 0. The molecule has 1 saturated carbocycles. The summed E-state index contributed by atoms with van der Waals surface area (Å²) in [5.74, 6) is 0. The first-order chi connectivity index (χ1) is 8.78. The molecule has 0 bridgehead atoms. The van der Waals surface area contributed by atoms with Crippen molar-refractivity contribution in [1.29, 1.82) is 0 Å². The van der Waals surface area contributed by atoms with Crippen LogP contribution in [-0.4, -0.2) is 37.6 Å². The summed E-state index contributed by atoms with van der Waals surface area (Å²) in [4.78, 5) is 2.71. The van der Waals surface area contributed by atoms with E-state index in [-0.39, 0.29) is 0 Å². The van der Waals surface area contributed by atoms with Gasteiger partial charge in [0.15, 0.2) is 0 Å². The monoisotopic (exact) mass is 252 g/mol. The molecule has 1 unspecified atom stereocenters. The Bertz CT molecular complexity index is 219. The van der Waals surface area contributed by atoms with Crippen LogP contribution < -0.4 is 5.32 Å². The fourth-order valence-corrected chi connectivity index (χ4v) is 3.99. The standard InChI is InChI=1S/C16H32N2/c1-3-15(17-2)7-6-12-18-13-10-16(11-14-18)8-4-5-9-16/h15,17H,3-14H2,1-2H3. The molecule has 2 rings (SSSR count). The molecule has 0 radical (unpaired) electrons. The van der Waals surface area contributed by atoms with Crippen molar-refractivity contribution in [2.75, 3.05) is 26.7 Å². The van der Waals surface area contributed by atoms with Crippen molar-refractivity contribution in [2.24, 2.45) is 5.41 Å². The molecule has 0 aromatic heterocycles. The molecule has 1 saturated heterocycles. The maximum Gasteiger partial charge on any atom is 0.00619 e. The van der Waals surface area contributed by atoms with Gasteiger partial charge in [0.1, 0.15) is 0 Å². The van der Waals surface area contributed by atoms with Gasteiger partial charge in [-0.15, -0.1) is 0 Å². The molecule has 0 aromatic rings. The van der Waals surface area contributed by atoms with E-state index in [1.807, 2.05) is 0 Å². The molecule has 0 amide bonds. The molecule has 2 nitrogen and oxygen atoms in total. The van der Waals surface area contributed by atoms with Crippen LogP contribution in [-0.2, 0) is 0 Å². The predicted octanol–water partition coefficient (Wildman–Crippen LogP) is 3.42. The van der Waals surface area contributed by atoms with Gasteiger partial charge in [-0.2, -0.15) is 0 Å². The number of nitrogens with zero attached hydrogens (tertiary/aromatic N) is 1. The summed E-state index contributed by atoms with van der Waals surface area (Å²) in [5.41, 5.74) is 0.785. The van der Waals surface area contributed by atoms with Gasteiger partial charge in [-0.25, -0.2) is 0 Å². The Morgan fingerprint density at radius 3 is 2.33 bits per heavy atom. The smallest absolute Gasteiger partial charge is 0.00619 e. The van der Waals surface area contributed by atoms with Crippen LogP contribution in [0.4, 0.5) is 0 Å². The number of hydrogen-bond donors (Lipinski definition) is 1. The molecule has 1 heterocycles. The highest BCUT2D eigenvalue weighted by atomic mass is 15.1. The van der Waals surface area contributed by atoms with E-state index in [0.717, 1.165) is 11.5 Å². The van der Waals surface area contributed by atoms with Crippen LogP contribution in [0.2, 0.25) is 0 Å². The average Bonchev–Trinajstić information content (AvgIpc) is 2.86. The molecular weight excluding hydrogens is 220 g/mol. The first kappa shape index (κ1) is 14.3. The van der Waals surface area contributed by atoms with Crippen molar-refractivity contribution in [3.63, 3.8) is 0 Å². The SMILES string of the molecule is CCC(CCCN1CCC2(CCCC2)CC1)NC. The molecule has 0 aromatic carbocycles. The van der Waals surface area contributed by atoms with Crippen LogP contribution in [0, 0.1) is 5.41 Å². The van der Waals surface area contributed by atoms with E-state index < -0.39 is 0 Å². The molecular formula is C16H32N2. The minimum absolute atomic E-state index is 0.732. The molecule has 1 atom stereocenters. The normalized spacial score (nSPS) is 25.7. The minimum Gasteiger partial charge on any atom is -0.317 e. The van der Waals surface area contributed by atoms with Crippen molar-refractivity contribution in [3.8, 4) is 0 Å². The second-order valence-corrected chi connectivity index (χ2v) is 6.58. The van der Waals surface area contributed by atoms with Gasteiger partial charge in [-0.1, -0.05) is 19.8 Å². The maximum absolute atomic E-state index is 3.41. The van der Waals surface area contributed by atoms with E-state index >= 15 is 0 Å². The van der Waals surface area contributed by atoms with Gasteiger partial charge in [0.2, 0.25) is 0 Å². The second kappa shape index (κ2) is 6.91. The second-order valence-electron chi connectivity index (χ2n) is 6.58. The van der Waals surface area contributed by atoms with Gasteiger partial charge in [0, 0.05) is 6.04 Å². The molecule has 1 aliphatic heterocycles. The fourth-order valence-electron chi connectivity index (χ4n) is 3.99. The third-order valence-electron chi connectivity index (χ3n) is 5.51. The highest BCUT2D eigenvalue weighted by Gasteiger charge is 2.36. The average molecular weight is 252 g/mol. The van der Waals surface area contributed by atoms with Crippen molar-refractivity contribution >= 4 is 0 Å². The lowest BCUT2D eigenvalue weighted by atomic mass is 9.77. The summed E-state index contributed by atoms with van der Waals surface area (Å²) in [7, 11) is 2.10. The zero-order valence-electron chi connectivity index (χ0n) is 12.5. The molecule has 2 fully saturated rings. The summed E-state index contributed by atoms with van der Waals surface area (Å²) in [6.07, 6.45) is 13.0. The topological polar surface area (TPSA) is 15.3 Å². The van der Waals surface area contributed by atoms with E-state index in [0.29, 0.717) is 0 Å². The van der Waals surface area contributed by atoms with Crippen LogP contribution in [0.15, 0.2) is 0 Å². The zero-order valence-corrected chi connectivity index (χ0v) is 12.5. The van der Waals surface area contributed by atoms with Crippen molar-refractivity contribution in [3.05, 3.63) is 0 Å². The molecule has 1 spiro atoms. The van der Waals surface area contributed by atoms with Gasteiger partial charge in [0.05, 0.1) is 0 Å². The third-order valence-corrected chi connectivity index (χ3v) is 5.51. The van der Waals surface area contributed by atoms with Gasteiger partial charge >= 0.3 is 0 Å². The van der Waals surface area contributed by atoms with Crippen LogP contribution >= 0.6 is 0 Å². The van der Waals surface area contributed by atoms with Crippen molar-refractivity contribution < 1.29 is 0 Å². The van der Waals surface area contributed by atoms with Crippen LogP contribution in [0.5, 0.6) is 0 Å². The highest BCUT2D eigenvalue weighted by molar-refractivity contribution is 4.89. The van der Waals surface area contributed by atoms with Crippen LogP contribution in [0.25, 0.3) is 0 Å². The Labute approximate surface area is 114 Å². The Balaban J connectivity index is 1.61. The van der Waals surface area contributed by atoms with E-state index in [9.17, 15) is 0 Å². The van der Waals surface area contributed by atoms with Gasteiger partial charge < -0.3 is 10.2 Å². The molecule has 106 valence electrons. The molecule has 1 aliphatic carbocycles. The lowest BCUT2D eigenvalue weighted by Gasteiger charge is -2.39. The molecule has 18 heavy (non-hydrogen) atoms. The minimum atomic E-state index is 0.732. The number of hydrogen-bond acceptors (Lipinski definition) is 2. The van der Waals surface area contributed by atoms with E-state index in [2.05, 4.69) is 24.2 Å². The van der Waals surface area contributed by atoms with Gasteiger partial charge in [-0.3, -0.25) is 0 Å². The maximum atomic E-state index is 3.41. The Morgan fingerprint density at radius 1 is 1.11 bits per heavy atom. The summed E-state index contributed by atoms with van der Waals surface area (Å²) < 4.78 is 0. The number of likely N-dealkylation sites (tertiary alicyclic amines) is 1. The number of rotatable bonds is 6.